The van der Waals surface area contributed by atoms with Crippen LogP contribution < -0.4 is 0 Å². The van der Waals surface area contributed by atoms with Gasteiger partial charge < -0.3 is 4.74 Å². The molecule has 1 aliphatic carbocycles. The van der Waals surface area contributed by atoms with Gasteiger partial charge in [-0.05, 0) is 38.2 Å². The molecule has 1 fully saturated rings. The summed E-state index contributed by atoms with van der Waals surface area (Å²) in [5, 5.41) is 0. The van der Waals surface area contributed by atoms with Gasteiger partial charge in [-0.3, -0.25) is 0 Å². The van der Waals surface area contributed by atoms with E-state index in [4.69, 9.17) is 4.74 Å². The first-order chi connectivity index (χ1) is 5.29. The molecule has 1 saturated carbocycles. The second-order valence-corrected chi connectivity index (χ2v) is 3.29. The Balaban J connectivity index is 2.28. The molecule has 0 saturated heterocycles. The van der Waals surface area contributed by atoms with Crippen LogP contribution in [0.1, 0.15) is 32.6 Å². The molecule has 60 valence electrons. The Morgan fingerprint density at radius 3 is 3.00 bits per heavy atom. The smallest absolute Gasteiger partial charge is 0.334 e. The quantitative estimate of drug-likeness (QED) is 0.495. The van der Waals surface area contributed by atoms with Crippen LogP contribution in [0.15, 0.2) is 11.1 Å². The van der Waals surface area contributed by atoms with Crippen LogP contribution in [0.4, 0.5) is 0 Å². The van der Waals surface area contributed by atoms with Gasteiger partial charge in [-0.25, -0.2) is 4.79 Å². The van der Waals surface area contributed by atoms with Gasteiger partial charge in [-0.15, -0.1) is 0 Å². The molecule has 0 spiro atoms. The zero-order valence-corrected chi connectivity index (χ0v) is 6.72. The maximum atomic E-state index is 11.1. The number of fused-ring (bicyclic) bond motifs is 1. The largest absolute Gasteiger partial charge is 0.454 e. The van der Waals surface area contributed by atoms with Gasteiger partial charge in [0.05, 0.1) is 0 Å². The first kappa shape index (κ1) is 6.89. The van der Waals surface area contributed by atoms with Crippen molar-refractivity contribution in [3.8, 4) is 0 Å². The Bertz CT molecular complexity index is 228. The first-order valence-corrected chi connectivity index (χ1v) is 4.19. The summed E-state index contributed by atoms with van der Waals surface area (Å²) in [6, 6.07) is 0. The fourth-order valence-electron chi connectivity index (χ4n) is 1.89. The highest BCUT2D eigenvalue weighted by atomic mass is 16.5. The fraction of sp³-hybridized carbons (Fsp3) is 0.667. The summed E-state index contributed by atoms with van der Waals surface area (Å²) in [6.07, 6.45) is 4.69. The molecule has 0 radical (unpaired) electrons. The number of carbonyl (C=O) groups is 1. The van der Waals surface area contributed by atoms with Gasteiger partial charge in [-0.2, -0.15) is 0 Å². The molecule has 0 aromatic carbocycles. The Morgan fingerprint density at radius 2 is 2.27 bits per heavy atom. The molecule has 0 amide bonds. The van der Waals surface area contributed by atoms with Crippen molar-refractivity contribution in [2.75, 3.05) is 0 Å². The van der Waals surface area contributed by atoms with E-state index >= 15 is 0 Å². The van der Waals surface area contributed by atoms with Crippen LogP contribution in [0.5, 0.6) is 0 Å². The number of hydrogen-bond donors (Lipinski definition) is 0. The van der Waals surface area contributed by atoms with Crippen molar-refractivity contribution < 1.29 is 9.53 Å². The zero-order chi connectivity index (χ0) is 7.84. The molecule has 1 unspecified atom stereocenters. The number of esters is 1. The molecule has 0 aromatic rings. The first-order valence-electron chi connectivity index (χ1n) is 4.19. The summed E-state index contributed by atoms with van der Waals surface area (Å²) in [5.74, 6) is -0.0908. The standard InChI is InChI=1S/C9H12O2/c1-6-7-4-2-3-5-8(7)11-9(6)10/h8H,2-5H2,1H3. The predicted octanol–water partition coefficient (Wildman–Crippen LogP) is 1.80. The van der Waals surface area contributed by atoms with Gasteiger partial charge in [-0.1, -0.05) is 0 Å². The van der Waals surface area contributed by atoms with E-state index < -0.39 is 0 Å². The van der Waals surface area contributed by atoms with Crippen LogP contribution in [0.3, 0.4) is 0 Å². The number of rotatable bonds is 0. The van der Waals surface area contributed by atoms with Crippen LogP contribution in [0.2, 0.25) is 0 Å². The zero-order valence-electron chi connectivity index (χ0n) is 6.72. The molecule has 0 bridgehead atoms. The van der Waals surface area contributed by atoms with E-state index in [0.29, 0.717) is 0 Å². The molecular formula is C9H12O2. The molecule has 1 aliphatic heterocycles. The van der Waals surface area contributed by atoms with E-state index in [-0.39, 0.29) is 12.1 Å². The maximum absolute atomic E-state index is 11.1. The second-order valence-electron chi connectivity index (χ2n) is 3.29. The molecule has 0 N–H and O–H groups in total. The molecule has 0 aromatic heterocycles. The van der Waals surface area contributed by atoms with Crippen molar-refractivity contribution in [1.82, 2.24) is 0 Å². The van der Waals surface area contributed by atoms with Crippen LogP contribution >= 0.6 is 0 Å². The lowest BCUT2D eigenvalue weighted by Crippen LogP contribution is -2.15. The minimum atomic E-state index is -0.0908. The third-order valence-corrected chi connectivity index (χ3v) is 2.59. The topological polar surface area (TPSA) is 26.3 Å². The second kappa shape index (κ2) is 2.36. The Labute approximate surface area is 66.2 Å². The summed E-state index contributed by atoms with van der Waals surface area (Å²) in [4.78, 5) is 11.1. The molecular weight excluding hydrogens is 140 g/mol. The average molecular weight is 152 g/mol. The number of ether oxygens (including phenoxy) is 1. The van der Waals surface area contributed by atoms with Gasteiger partial charge in [0, 0.05) is 5.57 Å². The van der Waals surface area contributed by atoms with Gasteiger partial charge in [0.25, 0.3) is 0 Å². The number of carbonyl (C=O) groups excluding carboxylic acids is 1. The Hall–Kier alpha value is -0.790. The van der Waals surface area contributed by atoms with Crippen molar-refractivity contribution in [1.29, 1.82) is 0 Å². The molecule has 1 heterocycles. The molecule has 2 aliphatic rings. The lowest BCUT2D eigenvalue weighted by atomic mass is 9.91. The van der Waals surface area contributed by atoms with E-state index in [1.807, 2.05) is 6.92 Å². The minimum absolute atomic E-state index is 0.0908. The van der Waals surface area contributed by atoms with E-state index in [2.05, 4.69) is 0 Å². The Morgan fingerprint density at radius 1 is 1.45 bits per heavy atom. The summed E-state index contributed by atoms with van der Waals surface area (Å²) in [7, 11) is 0. The molecule has 2 heteroatoms. The van der Waals surface area contributed by atoms with Gasteiger partial charge >= 0.3 is 5.97 Å². The average Bonchev–Trinajstić information content (AvgIpc) is 2.30. The third kappa shape index (κ3) is 0.971. The van der Waals surface area contributed by atoms with E-state index in [0.717, 1.165) is 18.4 Å². The molecule has 1 atom stereocenters. The predicted molar refractivity (Wildman–Crippen MR) is 41.0 cm³/mol. The number of hydrogen-bond acceptors (Lipinski definition) is 2. The van der Waals surface area contributed by atoms with E-state index in [1.54, 1.807) is 0 Å². The van der Waals surface area contributed by atoms with Crippen LogP contribution in [-0.2, 0) is 9.53 Å². The van der Waals surface area contributed by atoms with Crippen LogP contribution in [0.25, 0.3) is 0 Å². The lowest BCUT2D eigenvalue weighted by Gasteiger charge is -2.18. The normalized spacial score (nSPS) is 30.3. The molecule has 2 nitrogen and oxygen atoms in total. The van der Waals surface area contributed by atoms with E-state index in [9.17, 15) is 4.79 Å². The molecule has 2 rings (SSSR count). The summed E-state index contributed by atoms with van der Waals surface area (Å²) in [6.45, 7) is 1.88. The van der Waals surface area contributed by atoms with Gasteiger partial charge in [0.15, 0.2) is 0 Å². The third-order valence-electron chi connectivity index (χ3n) is 2.59. The van der Waals surface area contributed by atoms with Crippen LogP contribution in [0, 0.1) is 0 Å². The van der Waals surface area contributed by atoms with Crippen molar-refractivity contribution >= 4 is 5.97 Å². The summed E-state index contributed by atoms with van der Waals surface area (Å²) >= 11 is 0. The van der Waals surface area contributed by atoms with Crippen molar-refractivity contribution in [3.05, 3.63) is 11.1 Å². The monoisotopic (exact) mass is 152 g/mol. The maximum Gasteiger partial charge on any atom is 0.334 e. The highest BCUT2D eigenvalue weighted by Gasteiger charge is 2.32. The minimum Gasteiger partial charge on any atom is -0.454 e. The van der Waals surface area contributed by atoms with Gasteiger partial charge in [0.2, 0.25) is 0 Å². The lowest BCUT2D eigenvalue weighted by molar-refractivity contribution is -0.140. The SMILES string of the molecule is CC1=C2CCCCC2OC1=O. The summed E-state index contributed by atoms with van der Waals surface area (Å²) < 4.78 is 5.16. The van der Waals surface area contributed by atoms with Crippen molar-refractivity contribution in [2.45, 2.75) is 38.7 Å². The fourth-order valence-corrected chi connectivity index (χ4v) is 1.89. The van der Waals surface area contributed by atoms with Crippen molar-refractivity contribution in [3.63, 3.8) is 0 Å². The highest BCUT2D eigenvalue weighted by Crippen LogP contribution is 2.33. The highest BCUT2D eigenvalue weighted by molar-refractivity contribution is 5.91. The summed E-state index contributed by atoms with van der Waals surface area (Å²) in [5.41, 5.74) is 2.14. The van der Waals surface area contributed by atoms with Crippen LogP contribution in [-0.4, -0.2) is 12.1 Å². The molecule has 11 heavy (non-hydrogen) atoms. The Kier molecular flexibility index (Phi) is 1.48. The van der Waals surface area contributed by atoms with E-state index in [1.165, 1.54) is 18.4 Å². The van der Waals surface area contributed by atoms with Crippen molar-refractivity contribution in [2.24, 2.45) is 0 Å². The van der Waals surface area contributed by atoms with Gasteiger partial charge in [0.1, 0.15) is 6.10 Å².